The van der Waals surface area contributed by atoms with E-state index in [1.165, 1.54) is 57.0 Å². The number of nitrogens with one attached hydrogen (secondary N) is 2. The number of nitriles is 1. The van der Waals surface area contributed by atoms with Crippen LogP contribution in [0.4, 0.5) is 11.4 Å². The number of likely N-dealkylation sites (tertiary alicyclic amines) is 1. The SMILES string of the molecule is COc1cc2nn(C3CCC(CN4CCC5(CC4)CCN(c4ccc(Cl)c(C6CCC(=O)NC6=O)c4)CC5)CC3)cc2cc1NC(=O)c1cncc(C#N)c1. The molecule has 13 heteroatoms. The number of benzene rings is 2. The molecule has 8 rings (SSSR count). The average Bonchev–Trinajstić information content (AvgIpc) is 3.62. The molecule has 2 aromatic carbocycles. The standard InChI is InChI=1S/C42H47ClN8O4/c1-55-38-21-36-30(19-37(38)46-40(53)29-18-28(22-44)23-45-24-29)26-51(48-36)31-4-2-27(3-5-31)25-49-14-10-42(11-15-49)12-16-50(17-13-42)32-6-8-35(43)34(20-32)33-7-9-39(52)47-41(33)54/h6,8,18-21,23-24,26-27,31,33H,2-5,7,9-17,25H2,1H3,(H,46,53)(H,47,52,54). The van der Waals surface area contributed by atoms with Gasteiger partial charge in [0.25, 0.3) is 5.91 Å². The number of aromatic nitrogens is 3. The molecule has 4 aliphatic rings. The van der Waals surface area contributed by atoms with E-state index in [9.17, 15) is 19.6 Å². The van der Waals surface area contributed by atoms with Crippen molar-refractivity contribution >= 4 is 51.6 Å². The molecule has 5 heterocycles. The minimum Gasteiger partial charge on any atom is -0.494 e. The molecule has 3 aliphatic heterocycles. The van der Waals surface area contributed by atoms with E-state index in [0.29, 0.717) is 57.8 Å². The van der Waals surface area contributed by atoms with Crippen LogP contribution in [0.5, 0.6) is 5.75 Å². The largest absolute Gasteiger partial charge is 0.494 e. The molecular weight excluding hydrogens is 716 g/mol. The van der Waals surface area contributed by atoms with Crippen molar-refractivity contribution in [2.45, 2.75) is 76.2 Å². The quantitative estimate of drug-likeness (QED) is 0.184. The number of pyridine rings is 1. The van der Waals surface area contributed by atoms with Gasteiger partial charge in [-0.3, -0.25) is 29.4 Å². The Bertz CT molecular complexity index is 2140. The number of nitrogens with zero attached hydrogens (tertiary/aromatic N) is 6. The molecule has 286 valence electrons. The molecule has 2 N–H and O–H groups in total. The lowest BCUT2D eigenvalue weighted by Gasteiger charge is -2.48. The van der Waals surface area contributed by atoms with E-state index >= 15 is 0 Å². The summed E-state index contributed by atoms with van der Waals surface area (Å²) in [6, 6.07) is 13.7. The molecular formula is C42H47ClN8O4. The van der Waals surface area contributed by atoms with E-state index in [2.05, 4.69) is 48.4 Å². The molecule has 1 unspecified atom stereocenters. The molecule has 2 aromatic heterocycles. The molecule has 4 aromatic rings. The topological polar surface area (TPSA) is 145 Å². The molecule has 55 heavy (non-hydrogen) atoms. The van der Waals surface area contributed by atoms with Gasteiger partial charge < -0.3 is 19.9 Å². The van der Waals surface area contributed by atoms with E-state index in [1.54, 1.807) is 7.11 Å². The van der Waals surface area contributed by atoms with Gasteiger partial charge in [0, 0.05) is 66.8 Å². The second-order valence-electron chi connectivity index (χ2n) is 15.9. The number of hydrogen-bond donors (Lipinski definition) is 2. The zero-order valence-corrected chi connectivity index (χ0v) is 32.0. The highest BCUT2D eigenvalue weighted by Gasteiger charge is 2.39. The third-order valence-corrected chi connectivity index (χ3v) is 13.0. The van der Waals surface area contributed by atoms with Crippen LogP contribution in [0.15, 0.2) is 55.0 Å². The van der Waals surface area contributed by atoms with E-state index in [0.717, 1.165) is 67.7 Å². The summed E-state index contributed by atoms with van der Waals surface area (Å²) in [6.07, 6.45) is 15.2. The van der Waals surface area contributed by atoms with Crippen molar-refractivity contribution in [2.75, 3.05) is 50.1 Å². The van der Waals surface area contributed by atoms with Gasteiger partial charge in [-0.25, -0.2) is 0 Å². The summed E-state index contributed by atoms with van der Waals surface area (Å²) in [5.74, 6) is 0.0105. The van der Waals surface area contributed by atoms with Crippen LogP contribution in [0.3, 0.4) is 0 Å². The molecule has 0 radical (unpaired) electrons. The van der Waals surface area contributed by atoms with Gasteiger partial charge in [0.2, 0.25) is 11.8 Å². The number of halogens is 1. The number of methoxy groups -OCH3 is 1. The molecule has 1 spiro atoms. The molecule has 4 fully saturated rings. The maximum Gasteiger partial charge on any atom is 0.257 e. The normalized spacial score (nSPS) is 23.0. The number of ether oxygens (including phenoxy) is 1. The molecule has 3 amide bonds. The highest BCUT2D eigenvalue weighted by atomic mass is 35.5. The Kier molecular flexibility index (Phi) is 10.5. The molecule has 1 aliphatic carbocycles. The van der Waals surface area contributed by atoms with Gasteiger partial charge in [-0.05, 0) is 118 Å². The Labute approximate surface area is 326 Å². The molecule has 12 nitrogen and oxygen atoms in total. The van der Waals surface area contributed by atoms with Crippen molar-refractivity contribution in [1.29, 1.82) is 5.26 Å². The van der Waals surface area contributed by atoms with E-state index in [-0.39, 0.29) is 23.6 Å². The maximum atomic E-state index is 13.0. The molecule has 3 saturated heterocycles. The molecule has 1 saturated carbocycles. The average molecular weight is 763 g/mol. The van der Waals surface area contributed by atoms with Crippen molar-refractivity contribution in [3.05, 3.63) is 76.7 Å². The minimum absolute atomic E-state index is 0.211. The number of hydrogen-bond acceptors (Lipinski definition) is 9. The summed E-state index contributed by atoms with van der Waals surface area (Å²) in [5.41, 5.74) is 4.33. The van der Waals surface area contributed by atoms with Crippen LogP contribution in [0.2, 0.25) is 5.02 Å². The first kappa shape index (κ1) is 37.0. The van der Waals surface area contributed by atoms with Crippen LogP contribution in [0.25, 0.3) is 10.9 Å². The predicted molar refractivity (Wildman–Crippen MR) is 210 cm³/mol. The number of imide groups is 1. The summed E-state index contributed by atoms with van der Waals surface area (Å²) < 4.78 is 7.71. The number of rotatable bonds is 8. The lowest BCUT2D eigenvalue weighted by molar-refractivity contribution is -0.134. The van der Waals surface area contributed by atoms with Gasteiger partial charge in [0.1, 0.15) is 11.8 Å². The Morgan fingerprint density at radius 2 is 1.78 bits per heavy atom. The summed E-state index contributed by atoms with van der Waals surface area (Å²) in [4.78, 5) is 46.4. The highest BCUT2D eigenvalue weighted by Crippen LogP contribution is 2.44. The first-order valence-electron chi connectivity index (χ1n) is 19.5. The van der Waals surface area contributed by atoms with Crippen LogP contribution >= 0.6 is 11.6 Å². The van der Waals surface area contributed by atoms with Crippen molar-refractivity contribution < 1.29 is 19.1 Å². The predicted octanol–water partition coefficient (Wildman–Crippen LogP) is 6.85. The summed E-state index contributed by atoms with van der Waals surface area (Å²) in [5, 5.41) is 21.0. The van der Waals surface area contributed by atoms with E-state index < -0.39 is 0 Å². The third kappa shape index (κ3) is 7.91. The fourth-order valence-electron chi connectivity index (χ4n) is 9.24. The van der Waals surface area contributed by atoms with Crippen LogP contribution in [0.1, 0.15) is 97.7 Å². The Hall–Kier alpha value is -4.99. The van der Waals surface area contributed by atoms with Gasteiger partial charge in [-0.2, -0.15) is 10.4 Å². The number of carbonyl (C=O) groups excluding carboxylic acids is 3. The van der Waals surface area contributed by atoms with Gasteiger partial charge in [0.15, 0.2) is 0 Å². The fourth-order valence-corrected chi connectivity index (χ4v) is 9.49. The lowest BCUT2D eigenvalue weighted by atomic mass is 9.71. The first-order valence-corrected chi connectivity index (χ1v) is 19.9. The third-order valence-electron chi connectivity index (χ3n) is 12.6. The van der Waals surface area contributed by atoms with Crippen molar-refractivity contribution in [3.8, 4) is 11.8 Å². The number of piperidine rings is 3. The lowest BCUT2D eigenvalue weighted by Crippen LogP contribution is -2.48. The molecule has 0 bridgehead atoms. The smallest absolute Gasteiger partial charge is 0.257 e. The zero-order chi connectivity index (χ0) is 38.1. The number of anilines is 2. The first-order chi connectivity index (χ1) is 26.7. The van der Waals surface area contributed by atoms with Crippen LogP contribution in [0, 0.1) is 22.7 Å². The van der Waals surface area contributed by atoms with Crippen molar-refractivity contribution in [2.24, 2.45) is 11.3 Å². The second-order valence-corrected chi connectivity index (χ2v) is 16.3. The van der Waals surface area contributed by atoms with Gasteiger partial charge in [0.05, 0.1) is 41.4 Å². The Balaban J connectivity index is 0.814. The van der Waals surface area contributed by atoms with E-state index in [4.69, 9.17) is 21.4 Å². The maximum absolute atomic E-state index is 13.0. The van der Waals surface area contributed by atoms with Gasteiger partial charge >= 0.3 is 0 Å². The highest BCUT2D eigenvalue weighted by molar-refractivity contribution is 6.31. The van der Waals surface area contributed by atoms with Crippen molar-refractivity contribution in [1.82, 2.24) is 25.0 Å². The summed E-state index contributed by atoms with van der Waals surface area (Å²) >= 11 is 6.56. The number of carbonyl (C=O) groups is 3. The fraction of sp³-hybridized carbons (Fsp3) is 0.476. The van der Waals surface area contributed by atoms with E-state index in [1.807, 2.05) is 24.3 Å². The minimum atomic E-state index is -0.382. The second kappa shape index (κ2) is 15.6. The number of fused-ring (bicyclic) bond motifs is 1. The Morgan fingerprint density at radius 1 is 1.02 bits per heavy atom. The summed E-state index contributed by atoms with van der Waals surface area (Å²) in [6.45, 7) is 5.48. The van der Waals surface area contributed by atoms with Crippen LogP contribution in [-0.2, 0) is 9.59 Å². The van der Waals surface area contributed by atoms with Crippen molar-refractivity contribution in [3.63, 3.8) is 0 Å². The zero-order valence-electron chi connectivity index (χ0n) is 31.2. The van der Waals surface area contributed by atoms with Gasteiger partial charge in [-0.1, -0.05) is 11.6 Å². The monoisotopic (exact) mass is 762 g/mol. The van der Waals surface area contributed by atoms with Crippen LogP contribution < -0.4 is 20.3 Å². The van der Waals surface area contributed by atoms with Crippen LogP contribution in [-0.4, -0.2) is 77.2 Å². The Morgan fingerprint density at radius 3 is 2.51 bits per heavy atom. The van der Waals surface area contributed by atoms with Gasteiger partial charge in [-0.15, -0.1) is 0 Å². The number of amides is 3. The molecule has 1 atom stereocenters. The summed E-state index contributed by atoms with van der Waals surface area (Å²) in [7, 11) is 1.57.